The van der Waals surface area contributed by atoms with E-state index in [2.05, 4.69) is 10.2 Å². The number of carbonyl (C=O) groups is 2. The van der Waals surface area contributed by atoms with Gasteiger partial charge in [-0.15, -0.1) is 0 Å². The first-order valence-corrected chi connectivity index (χ1v) is 7.92. The van der Waals surface area contributed by atoms with Crippen LogP contribution in [0, 0.1) is 0 Å². The number of hydrogen-bond acceptors (Lipinski definition) is 4. The number of Topliss-reactive ketones (excluding diaryl/α,β-unsaturated/α-hetero) is 1. The van der Waals surface area contributed by atoms with Crippen molar-refractivity contribution in [1.29, 1.82) is 0 Å². The van der Waals surface area contributed by atoms with Gasteiger partial charge in [0.15, 0.2) is 0 Å². The Kier molecular flexibility index (Phi) is 6.90. The lowest BCUT2D eigenvalue weighted by molar-refractivity contribution is -0.116. The Labute approximate surface area is 131 Å². The maximum absolute atomic E-state index is 11.5. The average Bonchev–Trinajstić information content (AvgIpc) is 2.95. The van der Waals surface area contributed by atoms with E-state index >= 15 is 0 Å². The van der Waals surface area contributed by atoms with E-state index in [9.17, 15) is 9.59 Å². The van der Waals surface area contributed by atoms with E-state index in [-0.39, 0.29) is 6.09 Å². The lowest BCUT2D eigenvalue weighted by Gasteiger charge is -2.13. The molecule has 1 aromatic carbocycles. The van der Waals surface area contributed by atoms with Crippen molar-refractivity contribution in [2.24, 2.45) is 0 Å². The largest absolute Gasteiger partial charge is 0.445 e. The van der Waals surface area contributed by atoms with Crippen molar-refractivity contribution in [2.45, 2.75) is 32.3 Å². The molecule has 0 aliphatic carbocycles. The van der Waals surface area contributed by atoms with Gasteiger partial charge < -0.3 is 10.1 Å². The Morgan fingerprint density at radius 3 is 2.73 bits per heavy atom. The average molecular weight is 304 g/mol. The molecule has 1 N–H and O–H groups in total. The van der Waals surface area contributed by atoms with Crippen LogP contribution in [0.15, 0.2) is 30.3 Å². The summed E-state index contributed by atoms with van der Waals surface area (Å²) in [5.74, 6) is 0.350. The maximum atomic E-state index is 11.5. The van der Waals surface area contributed by atoms with E-state index in [4.69, 9.17) is 4.74 Å². The van der Waals surface area contributed by atoms with Gasteiger partial charge >= 0.3 is 6.09 Å². The highest BCUT2D eigenvalue weighted by Crippen LogP contribution is 2.06. The molecule has 0 unspecified atom stereocenters. The molecular formula is C17H24N2O3. The third-order valence-corrected chi connectivity index (χ3v) is 3.74. The van der Waals surface area contributed by atoms with E-state index in [1.54, 1.807) is 0 Å². The Morgan fingerprint density at radius 2 is 2.00 bits per heavy atom. The first kappa shape index (κ1) is 16.5. The number of nitrogens with one attached hydrogen (secondary N) is 1. The van der Waals surface area contributed by atoms with Gasteiger partial charge in [0.2, 0.25) is 0 Å². The minimum Gasteiger partial charge on any atom is -0.445 e. The number of alkyl carbamates (subject to hydrolysis) is 1. The molecular weight excluding hydrogens is 280 g/mol. The summed E-state index contributed by atoms with van der Waals surface area (Å²) in [5, 5.41) is 2.76. The second-order valence-corrected chi connectivity index (χ2v) is 5.61. The number of likely N-dealkylation sites (tertiary alicyclic amines) is 1. The Bertz CT molecular complexity index is 476. The number of nitrogens with zero attached hydrogens (tertiary/aromatic N) is 1. The molecule has 1 fully saturated rings. The molecule has 5 nitrogen and oxygen atoms in total. The molecule has 0 saturated carbocycles. The van der Waals surface area contributed by atoms with E-state index in [1.807, 2.05) is 30.3 Å². The first-order valence-electron chi connectivity index (χ1n) is 7.92. The molecule has 2 rings (SSSR count). The fourth-order valence-electron chi connectivity index (χ4n) is 2.48. The van der Waals surface area contributed by atoms with Crippen molar-refractivity contribution in [2.75, 3.05) is 26.2 Å². The van der Waals surface area contributed by atoms with Crippen LogP contribution in [0.5, 0.6) is 0 Å². The second-order valence-electron chi connectivity index (χ2n) is 5.61. The summed E-state index contributed by atoms with van der Waals surface area (Å²) in [6.45, 7) is 3.43. The molecule has 5 heteroatoms. The van der Waals surface area contributed by atoms with Gasteiger partial charge in [-0.05, 0) is 24.9 Å². The van der Waals surface area contributed by atoms with Crippen LogP contribution in [0.25, 0.3) is 0 Å². The highest BCUT2D eigenvalue weighted by atomic mass is 16.5. The summed E-state index contributed by atoms with van der Waals surface area (Å²) in [6, 6.07) is 9.63. The summed E-state index contributed by atoms with van der Waals surface area (Å²) in [6.07, 6.45) is 3.38. The Hall–Kier alpha value is -1.88. The number of unbranched alkanes of at least 4 members (excludes halogenated alkanes) is 2. The number of carbonyl (C=O) groups excluding carboxylic acids is 2. The molecule has 1 aliphatic rings. The Morgan fingerprint density at radius 1 is 1.18 bits per heavy atom. The van der Waals surface area contributed by atoms with Gasteiger partial charge in [0, 0.05) is 19.5 Å². The highest BCUT2D eigenvalue weighted by molar-refractivity contribution is 5.82. The smallest absolute Gasteiger partial charge is 0.407 e. The lowest BCUT2D eigenvalue weighted by atomic mass is 10.2. The van der Waals surface area contributed by atoms with Crippen LogP contribution in [0.2, 0.25) is 0 Å². The van der Waals surface area contributed by atoms with Crippen LogP contribution in [-0.4, -0.2) is 43.0 Å². The number of benzene rings is 1. The molecule has 1 heterocycles. The standard InChI is InChI=1S/C17H24N2O3/c20-16-9-12-19(13-16)11-6-2-5-10-18-17(21)22-14-15-7-3-1-4-8-15/h1,3-4,7-8H,2,5-6,9-14H2,(H,18,21). The zero-order valence-corrected chi connectivity index (χ0v) is 12.9. The first-order chi connectivity index (χ1) is 10.7. The van der Waals surface area contributed by atoms with E-state index < -0.39 is 0 Å². The molecule has 0 atom stereocenters. The van der Waals surface area contributed by atoms with Crippen molar-refractivity contribution >= 4 is 11.9 Å². The van der Waals surface area contributed by atoms with Crippen molar-refractivity contribution in [3.05, 3.63) is 35.9 Å². The monoisotopic (exact) mass is 304 g/mol. The minimum atomic E-state index is -0.367. The maximum Gasteiger partial charge on any atom is 0.407 e. The molecule has 1 saturated heterocycles. The van der Waals surface area contributed by atoms with E-state index in [0.717, 1.165) is 37.9 Å². The van der Waals surface area contributed by atoms with Crippen LogP contribution < -0.4 is 5.32 Å². The molecule has 0 bridgehead atoms. The van der Waals surface area contributed by atoms with Crippen molar-refractivity contribution in [3.8, 4) is 0 Å². The summed E-state index contributed by atoms with van der Waals surface area (Å²) in [7, 11) is 0. The van der Waals surface area contributed by atoms with Gasteiger partial charge in [-0.25, -0.2) is 4.79 Å². The fraction of sp³-hybridized carbons (Fsp3) is 0.529. The summed E-state index contributed by atoms with van der Waals surface area (Å²) in [5.41, 5.74) is 0.984. The molecule has 1 aromatic rings. The third kappa shape index (κ3) is 6.26. The molecule has 1 amide bonds. The van der Waals surface area contributed by atoms with Crippen LogP contribution >= 0.6 is 0 Å². The van der Waals surface area contributed by atoms with Gasteiger partial charge in [0.1, 0.15) is 12.4 Å². The number of hydrogen-bond donors (Lipinski definition) is 1. The zero-order valence-electron chi connectivity index (χ0n) is 12.9. The van der Waals surface area contributed by atoms with Gasteiger partial charge in [0.05, 0.1) is 6.54 Å². The Balaban J connectivity index is 1.44. The van der Waals surface area contributed by atoms with Crippen molar-refractivity contribution < 1.29 is 14.3 Å². The topological polar surface area (TPSA) is 58.6 Å². The molecule has 0 radical (unpaired) electrons. The number of ether oxygens (including phenoxy) is 1. The predicted octanol–water partition coefficient (Wildman–Crippen LogP) is 2.36. The number of amides is 1. The third-order valence-electron chi connectivity index (χ3n) is 3.74. The summed E-state index contributed by atoms with van der Waals surface area (Å²) in [4.78, 5) is 24.8. The van der Waals surface area contributed by atoms with Crippen molar-refractivity contribution in [3.63, 3.8) is 0 Å². The van der Waals surface area contributed by atoms with Crippen LogP contribution in [0.3, 0.4) is 0 Å². The van der Waals surface area contributed by atoms with Crippen molar-refractivity contribution in [1.82, 2.24) is 10.2 Å². The van der Waals surface area contributed by atoms with E-state index in [1.165, 1.54) is 0 Å². The molecule has 0 aromatic heterocycles. The van der Waals surface area contributed by atoms with Gasteiger partial charge in [0.25, 0.3) is 0 Å². The molecule has 22 heavy (non-hydrogen) atoms. The molecule has 0 spiro atoms. The van der Waals surface area contributed by atoms with Crippen LogP contribution in [-0.2, 0) is 16.1 Å². The number of ketones is 1. The molecule has 120 valence electrons. The van der Waals surface area contributed by atoms with Gasteiger partial charge in [-0.1, -0.05) is 36.8 Å². The number of rotatable bonds is 8. The second kappa shape index (κ2) is 9.20. The fourth-order valence-corrected chi connectivity index (χ4v) is 2.48. The van der Waals surface area contributed by atoms with E-state index in [0.29, 0.717) is 31.9 Å². The van der Waals surface area contributed by atoms with Crippen LogP contribution in [0.1, 0.15) is 31.2 Å². The summed E-state index contributed by atoms with van der Waals surface area (Å²) < 4.78 is 5.13. The van der Waals surface area contributed by atoms with Crippen LogP contribution in [0.4, 0.5) is 4.79 Å². The summed E-state index contributed by atoms with van der Waals surface area (Å²) >= 11 is 0. The quantitative estimate of drug-likeness (QED) is 0.749. The normalized spacial score (nSPS) is 15.0. The van der Waals surface area contributed by atoms with Gasteiger partial charge in [-0.2, -0.15) is 0 Å². The molecule has 1 aliphatic heterocycles. The predicted molar refractivity (Wildman–Crippen MR) is 84.5 cm³/mol. The SMILES string of the molecule is O=C1CCN(CCCCCNC(=O)OCc2ccccc2)C1. The highest BCUT2D eigenvalue weighted by Gasteiger charge is 2.17. The van der Waals surface area contributed by atoms with Gasteiger partial charge in [-0.3, -0.25) is 9.69 Å². The minimum absolute atomic E-state index is 0.301. The zero-order chi connectivity index (χ0) is 15.6. The lowest BCUT2D eigenvalue weighted by Crippen LogP contribution is -2.25.